The number of rotatable bonds is 1. The molecule has 0 radical (unpaired) electrons. The molecular formula is C23H36O2. The second kappa shape index (κ2) is 5.68. The summed E-state index contributed by atoms with van der Waals surface area (Å²) in [5.41, 5.74) is 2.09. The SMILES string of the molecule is CC(C)(C)O[C@H]1CC[C@H]2[C@@H]3CCC4=CC(=O)CC[C@]4(C)[C@H]3CC[C@]12C. The molecule has 25 heavy (non-hydrogen) atoms. The van der Waals surface area contributed by atoms with Crippen molar-refractivity contribution in [1.82, 2.24) is 0 Å². The van der Waals surface area contributed by atoms with Crippen molar-refractivity contribution in [2.45, 2.75) is 97.7 Å². The number of ketones is 1. The van der Waals surface area contributed by atoms with E-state index in [2.05, 4.69) is 34.6 Å². The highest BCUT2D eigenvalue weighted by Crippen LogP contribution is 2.65. The van der Waals surface area contributed by atoms with E-state index in [4.69, 9.17) is 4.74 Å². The molecule has 0 spiro atoms. The van der Waals surface area contributed by atoms with Crippen LogP contribution in [0.4, 0.5) is 0 Å². The minimum absolute atomic E-state index is 0.0440. The van der Waals surface area contributed by atoms with Crippen molar-refractivity contribution in [1.29, 1.82) is 0 Å². The van der Waals surface area contributed by atoms with Gasteiger partial charge in [0.05, 0.1) is 11.7 Å². The fourth-order valence-electron chi connectivity index (χ4n) is 7.13. The highest BCUT2D eigenvalue weighted by atomic mass is 16.5. The van der Waals surface area contributed by atoms with Crippen molar-refractivity contribution in [3.05, 3.63) is 11.6 Å². The van der Waals surface area contributed by atoms with Gasteiger partial charge in [-0.25, -0.2) is 0 Å². The van der Waals surface area contributed by atoms with Gasteiger partial charge in [0, 0.05) is 6.42 Å². The molecular weight excluding hydrogens is 308 g/mol. The molecule has 0 N–H and O–H groups in total. The van der Waals surface area contributed by atoms with Crippen LogP contribution in [0.2, 0.25) is 0 Å². The van der Waals surface area contributed by atoms with Gasteiger partial charge in [0.2, 0.25) is 0 Å². The van der Waals surface area contributed by atoms with Crippen LogP contribution in [0.1, 0.15) is 86.0 Å². The molecule has 4 rings (SSSR count). The predicted octanol–water partition coefficient (Wildman–Crippen LogP) is 5.70. The van der Waals surface area contributed by atoms with Gasteiger partial charge >= 0.3 is 0 Å². The van der Waals surface area contributed by atoms with Gasteiger partial charge < -0.3 is 4.74 Å². The fourth-order valence-corrected chi connectivity index (χ4v) is 7.13. The highest BCUT2D eigenvalue weighted by Gasteiger charge is 2.59. The van der Waals surface area contributed by atoms with Crippen molar-refractivity contribution in [3.63, 3.8) is 0 Å². The van der Waals surface area contributed by atoms with Crippen molar-refractivity contribution in [2.75, 3.05) is 0 Å². The van der Waals surface area contributed by atoms with Gasteiger partial charge in [-0.1, -0.05) is 19.4 Å². The number of fused-ring (bicyclic) bond motifs is 5. The Kier molecular flexibility index (Phi) is 4.04. The Morgan fingerprint density at radius 1 is 1.00 bits per heavy atom. The Hall–Kier alpha value is -0.630. The first-order chi connectivity index (χ1) is 11.6. The van der Waals surface area contributed by atoms with Gasteiger partial charge in [-0.2, -0.15) is 0 Å². The van der Waals surface area contributed by atoms with Gasteiger partial charge in [0.25, 0.3) is 0 Å². The number of carbonyl (C=O) groups is 1. The lowest BCUT2D eigenvalue weighted by molar-refractivity contribution is -0.139. The third-order valence-corrected chi connectivity index (χ3v) is 8.37. The second-order valence-electron chi connectivity index (χ2n) is 10.8. The third kappa shape index (κ3) is 2.74. The van der Waals surface area contributed by atoms with Crippen molar-refractivity contribution in [2.24, 2.45) is 28.6 Å². The Morgan fingerprint density at radius 3 is 2.48 bits per heavy atom. The van der Waals surface area contributed by atoms with Crippen LogP contribution in [0, 0.1) is 28.6 Å². The summed E-state index contributed by atoms with van der Waals surface area (Å²) in [5, 5.41) is 0. The van der Waals surface area contributed by atoms with Crippen LogP contribution in [0.25, 0.3) is 0 Å². The largest absolute Gasteiger partial charge is 0.372 e. The molecule has 2 nitrogen and oxygen atoms in total. The standard InChI is InChI=1S/C23H36O2/c1-21(2,3)25-20-9-8-18-17-7-6-15-14-16(24)10-12-22(15,4)19(17)11-13-23(18,20)5/h14,17-20H,6-13H2,1-5H3/t17-,18-,19-,20-,22-,23-/m0/s1. The summed E-state index contributed by atoms with van der Waals surface area (Å²) in [4.78, 5) is 11.9. The smallest absolute Gasteiger partial charge is 0.155 e. The van der Waals surface area contributed by atoms with E-state index in [9.17, 15) is 4.79 Å². The normalized spacial score (nSPS) is 46.9. The third-order valence-electron chi connectivity index (χ3n) is 8.37. The van der Waals surface area contributed by atoms with Gasteiger partial charge in [0.15, 0.2) is 5.78 Å². The molecule has 0 heterocycles. The number of hydrogen-bond donors (Lipinski definition) is 0. The first-order valence-corrected chi connectivity index (χ1v) is 10.6. The molecule has 140 valence electrons. The summed E-state index contributed by atoms with van der Waals surface area (Å²) in [5.74, 6) is 2.80. The lowest BCUT2D eigenvalue weighted by Gasteiger charge is -2.58. The van der Waals surface area contributed by atoms with Crippen molar-refractivity contribution in [3.8, 4) is 0 Å². The van der Waals surface area contributed by atoms with Crippen molar-refractivity contribution < 1.29 is 9.53 Å². The average molecular weight is 345 g/mol. The van der Waals surface area contributed by atoms with E-state index in [0.29, 0.717) is 22.7 Å². The topological polar surface area (TPSA) is 26.3 Å². The number of ether oxygens (including phenoxy) is 1. The molecule has 0 aromatic rings. The Morgan fingerprint density at radius 2 is 1.76 bits per heavy atom. The molecule has 4 aliphatic rings. The van der Waals surface area contributed by atoms with Gasteiger partial charge in [-0.15, -0.1) is 0 Å². The first-order valence-electron chi connectivity index (χ1n) is 10.6. The van der Waals surface area contributed by atoms with Gasteiger partial charge in [0.1, 0.15) is 0 Å². The first kappa shape index (κ1) is 17.8. The molecule has 6 atom stereocenters. The van der Waals surface area contributed by atoms with Gasteiger partial charge in [-0.05, 0) is 100 Å². The molecule has 3 saturated carbocycles. The molecule has 0 aliphatic heterocycles. The van der Waals surface area contributed by atoms with E-state index in [0.717, 1.165) is 37.0 Å². The lowest BCUT2D eigenvalue weighted by atomic mass is 9.47. The van der Waals surface area contributed by atoms with E-state index >= 15 is 0 Å². The van der Waals surface area contributed by atoms with Crippen LogP contribution in [-0.4, -0.2) is 17.5 Å². The quantitative estimate of drug-likeness (QED) is 0.609. The average Bonchev–Trinajstić information content (AvgIpc) is 2.83. The van der Waals surface area contributed by atoms with E-state index in [-0.39, 0.29) is 5.60 Å². The van der Waals surface area contributed by atoms with Crippen LogP contribution in [0.5, 0.6) is 0 Å². The maximum Gasteiger partial charge on any atom is 0.155 e. The van der Waals surface area contributed by atoms with E-state index in [1.807, 2.05) is 6.08 Å². The second-order valence-corrected chi connectivity index (χ2v) is 10.8. The number of allylic oxidation sites excluding steroid dienone is 1. The summed E-state index contributed by atoms with van der Waals surface area (Å²) in [6, 6.07) is 0. The summed E-state index contributed by atoms with van der Waals surface area (Å²) in [6.45, 7) is 11.6. The Balaban J connectivity index is 1.60. The summed E-state index contributed by atoms with van der Waals surface area (Å²) < 4.78 is 6.54. The molecule has 4 aliphatic carbocycles. The molecule has 0 amide bonds. The summed E-state index contributed by atoms with van der Waals surface area (Å²) >= 11 is 0. The Labute approximate surface area is 153 Å². The predicted molar refractivity (Wildman–Crippen MR) is 101 cm³/mol. The van der Waals surface area contributed by atoms with Crippen LogP contribution in [0.15, 0.2) is 11.6 Å². The van der Waals surface area contributed by atoms with E-state index < -0.39 is 0 Å². The lowest BCUT2D eigenvalue weighted by Crippen LogP contribution is -2.52. The Bertz CT molecular complexity index is 598. The zero-order valence-electron chi connectivity index (χ0n) is 16.9. The fraction of sp³-hybridized carbons (Fsp3) is 0.870. The molecule has 0 aromatic carbocycles. The van der Waals surface area contributed by atoms with E-state index in [1.165, 1.54) is 37.7 Å². The van der Waals surface area contributed by atoms with Crippen LogP contribution in [-0.2, 0) is 9.53 Å². The number of hydrogen-bond acceptors (Lipinski definition) is 2. The molecule has 2 heteroatoms. The van der Waals surface area contributed by atoms with Gasteiger partial charge in [-0.3, -0.25) is 4.79 Å². The maximum absolute atomic E-state index is 11.9. The van der Waals surface area contributed by atoms with Crippen LogP contribution < -0.4 is 0 Å². The minimum atomic E-state index is -0.0440. The minimum Gasteiger partial charge on any atom is -0.372 e. The molecule has 0 bridgehead atoms. The summed E-state index contributed by atoms with van der Waals surface area (Å²) in [6.07, 6.45) is 11.9. The molecule has 0 unspecified atom stereocenters. The molecule has 0 aromatic heterocycles. The van der Waals surface area contributed by atoms with E-state index in [1.54, 1.807) is 0 Å². The highest BCUT2D eigenvalue weighted by molar-refractivity contribution is 5.91. The number of carbonyl (C=O) groups excluding carboxylic acids is 1. The van der Waals surface area contributed by atoms with Crippen molar-refractivity contribution >= 4 is 5.78 Å². The summed E-state index contributed by atoms with van der Waals surface area (Å²) in [7, 11) is 0. The zero-order chi connectivity index (χ0) is 18.0. The maximum atomic E-state index is 11.9. The molecule has 3 fully saturated rings. The monoisotopic (exact) mass is 344 g/mol. The van der Waals surface area contributed by atoms with Crippen LogP contribution in [0.3, 0.4) is 0 Å². The van der Waals surface area contributed by atoms with Crippen LogP contribution >= 0.6 is 0 Å². The molecule has 0 saturated heterocycles. The zero-order valence-corrected chi connectivity index (χ0v) is 16.9.